The number of rotatable bonds is 3. The molecule has 3 rings (SSSR count). The van der Waals surface area contributed by atoms with Crippen molar-refractivity contribution in [1.82, 2.24) is 0 Å². The van der Waals surface area contributed by atoms with Crippen LogP contribution < -0.4 is 4.90 Å². The van der Waals surface area contributed by atoms with Crippen molar-refractivity contribution in [3.8, 4) is 0 Å². The van der Waals surface area contributed by atoms with E-state index in [-0.39, 0.29) is 5.57 Å². The van der Waals surface area contributed by atoms with Gasteiger partial charge in [0.1, 0.15) is 5.82 Å². The number of aliphatic hydroxyl groups excluding tert-OH is 1. The molecule has 4 nitrogen and oxygen atoms in total. The van der Waals surface area contributed by atoms with Gasteiger partial charge < -0.3 is 5.11 Å². The van der Waals surface area contributed by atoms with Gasteiger partial charge in [-0.3, -0.25) is 9.59 Å². The topological polar surface area (TPSA) is 57.6 Å². The lowest BCUT2D eigenvalue weighted by Gasteiger charge is -2.15. The van der Waals surface area contributed by atoms with Gasteiger partial charge in [-0.2, -0.15) is 0 Å². The van der Waals surface area contributed by atoms with Crippen LogP contribution in [0.5, 0.6) is 0 Å². The van der Waals surface area contributed by atoms with Crippen LogP contribution in [0.3, 0.4) is 0 Å². The van der Waals surface area contributed by atoms with Gasteiger partial charge in [0.25, 0.3) is 5.91 Å². The number of hydrogen-bond donors (Lipinski definition) is 1. The number of carbonyl (C=O) groups is 2. The van der Waals surface area contributed by atoms with Crippen molar-refractivity contribution < 1.29 is 19.1 Å². The zero-order valence-electron chi connectivity index (χ0n) is 13.3. The Morgan fingerprint density at radius 3 is 2.04 bits per heavy atom. The normalized spacial score (nSPS) is 14.9. The first-order valence-electron chi connectivity index (χ1n) is 7.58. The smallest absolute Gasteiger partial charge is 0.301 e. The number of halogens is 1. The van der Waals surface area contributed by atoms with Crippen molar-refractivity contribution in [3.05, 3.63) is 71.2 Å². The van der Waals surface area contributed by atoms with E-state index >= 15 is 0 Å². The minimum atomic E-state index is -0.781. The molecule has 0 saturated carbocycles. The van der Waals surface area contributed by atoms with Gasteiger partial charge in [-0.25, -0.2) is 9.29 Å². The van der Waals surface area contributed by atoms with Gasteiger partial charge in [-0.05, 0) is 41.3 Å². The number of benzene rings is 2. The fraction of sp³-hybridized carbons (Fsp3) is 0.158. The van der Waals surface area contributed by atoms with Gasteiger partial charge in [-0.15, -0.1) is 0 Å². The number of amides is 2. The molecule has 0 bridgehead atoms. The molecule has 0 unspecified atom stereocenters. The van der Waals surface area contributed by atoms with Crippen LogP contribution in [0.1, 0.15) is 30.9 Å². The lowest BCUT2D eigenvalue weighted by molar-refractivity contribution is -0.121. The zero-order valence-corrected chi connectivity index (χ0v) is 13.3. The Balaban J connectivity index is 1.97. The van der Waals surface area contributed by atoms with E-state index in [4.69, 9.17) is 0 Å². The van der Waals surface area contributed by atoms with E-state index in [9.17, 15) is 19.1 Å². The van der Waals surface area contributed by atoms with E-state index in [0.29, 0.717) is 17.2 Å². The molecule has 0 spiro atoms. The van der Waals surface area contributed by atoms with Gasteiger partial charge in [-0.1, -0.05) is 38.1 Å². The molecule has 2 aromatic carbocycles. The van der Waals surface area contributed by atoms with E-state index in [2.05, 4.69) is 0 Å². The van der Waals surface area contributed by atoms with Crippen molar-refractivity contribution in [2.24, 2.45) is 0 Å². The van der Waals surface area contributed by atoms with Crippen molar-refractivity contribution in [2.45, 2.75) is 19.8 Å². The molecule has 24 heavy (non-hydrogen) atoms. The molecule has 122 valence electrons. The van der Waals surface area contributed by atoms with Crippen molar-refractivity contribution >= 4 is 23.1 Å². The van der Waals surface area contributed by atoms with Crippen LogP contribution in [0.15, 0.2) is 54.3 Å². The monoisotopic (exact) mass is 325 g/mol. The summed E-state index contributed by atoms with van der Waals surface area (Å²) in [5.41, 5.74) is 1.65. The van der Waals surface area contributed by atoms with E-state index in [1.165, 1.54) is 24.3 Å². The van der Waals surface area contributed by atoms with Gasteiger partial charge in [0, 0.05) is 0 Å². The number of hydrogen-bond acceptors (Lipinski definition) is 3. The first-order valence-corrected chi connectivity index (χ1v) is 7.58. The van der Waals surface area contributed by atoms with Crippen molar-refractivity contribution in [2.75, 3.05) is 4.90 Å². The van der Waals surface area contributed by atoms with E-state index in [0.717, 1.165) is 10.5 Å². The average molecular weight is 325 g/mol. The average Bonchev–Trinajstić information content (AvgIpc) is 2.78. The third kappa shape index (κ3) is 2.58. The highest BCUT2D eigenvalue weighted by molar-refractivity contribution is 6.44. The van der Waals surface area contributed by atoms with Gasteiger partial charge in [0.2, 0.25) is 0 Å². The Kier molecular flexibility index (Phi) is 3.93. The summed E-state index contributed by atoms with van der Waals surface area (Å²) < 4.78 is 13.0. The Labute approximate surface area is 138 Å². The molecule has 0 aromatic heterocycles. The van der Waals surface area contributed by atoms with Gasteiger partial charge in [0.15, 0.2) is 5.76 Å². The molecule has 1 aliphatic heterocycles. The Hall–Kier alpha value is -2.95. The van der Waals surface area contributed by atoms with Crippen LogP contribution in [0.25, 0.3) is 5.57 Å². The second-order valence-corrected chi connectivity index (χ2v) is 5.92. The van der Waals surface area contributed by atoms with Gasteiger partial charge >= 0.3 is 5.91 Å². The summed E-state index contributed by atoms with van der Waals surface area (Å²) in [6, 6.07) is 12.1. The molecule has 2 amide bonds. The molecule has 5 heteroatoms. The van der Waals surface area contributed by atoms with Crippen LogP contribution in [0.2, 0.25) is 0 Å². The Morgan fingerprint density at radius 2 is 1.50 bits per heavy atom. The van der Waals surface area contributed by atoms with Crippen LogP contribution >= 0.6 is 0 Å². The van der Waals surface area contributed by atoms with E-state index in [1.54, 1.807) is 12.1 Å². The molecular weight excluding hydrogens is 309 g/mol. The maximum atomic E-state index is 13.0. The second kappa shape index (κ2) is 5.92. The highest BCUT2D eigenvalue weighted by Gasteiger charge is 2.40. The minimum Gasteiger partial charge on any atom is -0.502 e. The molecule has 0 saturated heterocycles. The van der Waals surface area contributed by atoms with Gasteiger partial charge in [0.05, 0.1) is 11.3 Å². The summed E-state index contributed by atoms with van der Waals surface area (Å²) >= 11 is 0. The fourth-order valence-electron chi connectivity index (χ4n) is 2.64. The molecule has 1 N–H and O–H groups in total. The predicted octanol–water partition coefficient (Wildman–Crippen LogP) is 3.79. The quantitative estimate of drug-likeness (QED) is 0.874. The number of nitrogens with zero attached hydrogens (tertiary/aromatic N) is 1. The number of imide groups is 1. The summed E-state index contributed by atoms with van der Waals surface area (Å²) in [7, 11) is 0. The number of aliphatic hydroxyl groups is 1. The standard InChI is InChI=1S/C19H16FNO3/c1-11(2)12-5-9-15(10-6-12)21-18(23)16(17(22)19(21)24)13-3-7-14(20)8-4-13/h3-11,22H,1-2H3. The third-order valence-electron chi connectivity index (χ3n) is 4.01. The van der Waals surface area contributed by atoms with Crippen molar-refractivity contribution in [1.29, 1.82) is 0 Å². The van der Waals surface area contributed by atoms with E-state index in [1.807, 2.05) is 26.0 Å². The second-order valence-electron chi connectivity index (χ2n) is 5.92. The Morgan fingerprint density at radius 1 is 0.917 bits per heavy atom. The van der Waals surface area contributed by atoms with Crippen LogP contribution in [0, 0.1) is 5.82 Å². The highest BCUT2D eigenvalue weighted by Crippen LogP contribution is 2.32. The van der Waals surface area contributed by atoms with Crippen molar-refractivity contribution in [3.63, 3.8) is 0 Å². The fourth-order valence-corrected chi connectivity index (χ4v) is 2.64. The predicted molar refractivity (Wildman–Crippen MR) is 89.0 cm³/mol. The molecule has 0 radical (unpaired) electrons. The summed E-state index contributed by atoms with van der Waals surface area (Å²) in [5, 5.41) is 10.1. The Bertz CT molecular complexity index is 836. The third-order valence-corrected chi connectivity index (χ3v) is 4.01. The largest absolute Gasteiger partial charge is 0.502 e. The van der Waals surface area contributed by atoms with Crippen LogP contribution in [0.4, 0.5) is 10.1 Å². The first kappa shape index (κ1) is 15.9. The lowest BCUT2D eigenvalue weighted by atomic mass is 10.0. The summed E-state index contributed by atoms with van der Waals surface area (Å²) in [6.07, 6.45) is 0. The molecule has 1 aliphatic rings. The maximum Gasteiger partial charge on any atom is 0.301 e. The van der Waals surface area contributed by atoms with Crippen LogP contribution in [-0.4, -0.2) is 16.9 Å². The summed E-state index contributed by atoms with van der Waals surface area (Å²) in [4.78, 5) is 25.9. The molecule has 2 aromatic rings. The highest BCUT2D eigenvalue weighted by atomic mass is 19.1. The number of carbonyl (C=O) groups excluding carboxylic acids is 2. The maximum absolute atomic E-state index is 13.0. The lowest BCUT2D eigenvalue weighted by Crippen LogP contribution is -2.31. The molecule has 0 atom stereocenters. The zero-order chi connectivity index (χ0) is 17.4. The molecule has 0 fully saturated rings. The minimum absolute atomic E-state index is 0.118. The summed E-state index contributed by atoms with van der Waals surface area (Å²) in [6.45, 7) is 4.09. The molecule has 0 aliphatic carbocycles. The van der Waals surface area contributed by atoms with E-state index < -0.39 is 23.4 Å². The number of anilines is 1. The molecule has 1 heterocycles. The SMILES string of the molecule is CC(C)c1ccc(N2C(=O)C(O)=C(c3ccc(F)cc3)C2=O)cc1. The summed E-state index contributed by atoms with van der Waals surface area (Å²) in [5.74, 6) is -2.17. The first-order chi connectivity index (χ1) is 11.4. The molecular formula is C19H16FNO3. The van der Waals surface area contributed by atoms with Crippen LogP contribution in [-0.2, 0) is 9.59 Å².